The van der Waals surface area contributed by atoms with Gasteiger partial charge in [0.25, 0.3) is 0 Å². The van der Waals surface area contributed by atoms with E-state index in [1.54, 1.807) is 19.2 Å². The van der Waals surface area contributed by atoms with Crippen molar-refractivity contribution in [2.75, 3.05) is 7.11 Å². The highest BCUT2D eigenvalue weighted by Gasteiger charge is 2.18. The predicted molar refractivity (Wildman–Crippen MR) is 81.8 cm³/mol. The molecule has 0 aliphatic rings. The Morgan fingerprint density at radius 1 is 1.19 bits per heavy atom. The van der Waals surface area contributed by atoms with Gasteiger partial charge >= 0.3 is 0 Å². The number of alkyl halides is 1. The summed E-state index contributed by atoms with van der Waals surface area (Å²) in [6.07, 6.45) is 0. The van der Waals surface area contributed by atoms with Crippen molar-refractivity contribution >= 4 is 22.6 Å². The van der Waals surface area contributed by atoms with Gasteiger partial charge in [0.15, 0.2) is 0 Å². The molecule has 1 unspecified atom stereocenters. The van der Waals surface area contributed by atoms with Crippen molar-refractivity contribution in [1.82, 2.24) is 9.55 Å². The molecule has 3 aromatic rings. The van der Waals surface area contributed by atoms with Gasteiger partial charge in [-0.15, -0.1) is 11.6 Å². The largest absolute Gasteiger partial charge is 0.494 e. The van der Waals surface area contributed by atoms with Gasteiger partial charge in [0.1, 0.15) is 22.9 Å². The van der Waals surface area contributed by atoms with E-state index in [2.05, 4.69) is 4.98 Å². The summed E-state index contributed by atoms with van der Waals surface area (Å²) in [5.41, 5.74) is 2.44. The minimum Gasteiger partial charge on any atom is -0.494 e. The van der Waals surface area contributed by atoms with Crippen molar-refractivity contribution in [2.45, 2.75) is 12.3 Å². The van der Waals surface area contributed by atoms with E-state index in [9.17, 15) is 4.39 Å². The van der Waals surface area contributed by atoms with E-state index in [1.165, 1.54) is 12.1 Å². The smallest absolute Gasteiger partial charge is 0.146 e. The van der Waals surface area contributed by atoms with Crippen LogP contribution in [0.3, 0.4) is 0 Å². The van der Waals surface area contributed by atoms with Crippen molar-refractivity contribution in [3.05, 3.63) is 54.1 Å². The normalized spacial score (nSPS) is 12.6. The maximum Gasteiger partial charge on any atom is 0.146 e. The maximum atomic E-state index is 13.1. The topological polar surface area (TPSA) is 27.1 Å². The molecule has 0 fully saturated rings. The molecular weight excluding hydrogens is 291 g/mol. The van der Waals surface area contributed by atoms with E-state index >= 15 is 0 Å². The Labute approximate surface area is 126 Å². The molecule has 0 saturated carbocycles. The van der Waals surface area contributed by atoms with Crippen LogP contribution in [0.25, 0.3) is 16.7 Å². The van der Waals surface area contributed by atoms with Gasteiger partial charge in [0.2, 0.25) is 0 Å². The molecule has 21 heavy (non-hydrogen) atoms. The molecule has 0 aliphatic carbocycles. The lowest BCUT2D eigenvalue weighted by molar-refractivity contribution is 0.419. The Morgan fingerprint density at radius 2 is 1.90 bits per heavy atom. The molecular formula is C16H14ClFN2O. The van der Waals surface area contributed by atoms with Crippen LogP contribution in [-0.4, -0.2) is 16.7 Å². The average Bonchev–Trinajstić information content (AvgIpc) is 2.87. The second kappa shape index (κ2) is 5.37. The highest BCUT2D eigenvalue weighted by molar-refractivity contribution is 6.20. The van der Waals surface area contributed by atoms with Gasteiger partial charge < -0.3 is 4.74 Å². The summed E-state index contributed by atoms with van der Waals surface area (Å²) >= 11 is 6.26. The first-order valence-electron chi connectivity index (χ1n) is 6.57. The Balaban J connectivity index is 2.33. The van der Waals surface area contributed by atoms with Gasteiger partial charge in [0.05, 0.1) is 18.0 Å². The molecule has 1 heterocycles. The summed E-state index contributed by atoms with van der Waals surface area (Å²) < 4.78 is 20.4. The molecule has 0 N–H and O–H groups in total. The van der Waals surface area contributed by atoms with E-state index in [0.717, 1.165) is 16.7 Å². The maximum absolute atomic E-state index is 13.1. The van der Waals surface area contributed by atoms with Crippen molar-refractivity contribution in [1.29, 1.82) is 0 Å². The van der Waals surface area contributed by atoms with Gasteiger partial charge in [-0.3, -0.25) is 4.57 Å². The minimum atomic E-state index is -0.285. The third kappa shape index (κ3) is 2.36. The van der Waals surface area contributed by atoms with E-state index in [-0.39, 0.29) is 11.2 Å². The summed E-state index contributed by atoms with van der Waals surface area (Å²) in [6, 6.07) is 11.9. The molecule has 1 aromatic heterocycles. The van der Waals surface area contributed by atoms with Crippen LogP contribution in [0.4, 0.5) is 4.39 Å². The van der Waals surface area contributed by atoms with Gasteiger partial charge in [0, 0.05) is 5.69 Å². The SMILES string of the molecule is COc1cccc2c1nc(C(C)Cl)n2-c1ccc(F)cc1. The predicted octanol–water partition coefficient (Wildman–Crippen LogP) is 4.47. The summed E-state index contributed by atoms with van der Waals surface area (Å²) in [4.78, 5) is 4.59. The number of para-hydroxylation sites is 1. The van der Waals surface area contributed by atoms with Gasteiger partial charge in [-0.2, -0.15) is 0 Å². The first-order chi connectivity index (χ1) is 10.1. The Morgan fingerprint density at radius 3 is 2.52 bits per heavy atom. The summed E-state index contributed by atoms with van der Waals surface area (Å²) in [5, 5.41) is -0.285. The van der Waals surface area contributed by atoms with E-state index in [0.29, 0.717) is 11.6 Å². The lowest BCUT2D eigenvalue weighted by Crippen LogP contribution is -2.01. The van der Waals surface area contributed by atoms with Crippen molar-refractivity contribution in [3.63, 3.8) is 0 Å². The van der Waals surface area contributed by atoms with Crippen LogP contribution in [0.2, 0.25) is 0 Å². The molecule has 1 atom stereocenters. The minimum absolute atomic E-state index is 0.277. The van der Waals surface area contributed by atoms with Crippen LogP contribution in [0, 0.1) is 5.82 Å². The van der Waals surface area contributed by atoms with E-state index in [4.69, 9.17) is 16.3 Å². The van der Waals surface area contributed by atoms with Crippen LogP contribution < -0.4 is 4.74 Å². The zero-order valence-electron chi connectivity index (χ0n) is 11.7. The van der Waals surface area contributed by atoms with Crippen LogP contribution in [0.1, 0.15) is 18.1 Å². The molecule has 0 spiro atoms. The van der Waals surface area contributed by atoms with Crippen LogP contribution in [0.5, 0.6) is 5.75 Å². The lowest BCUT2D eigenvalue weighted by Gasteiger charge is -2.10. The van der Waals surface area contributed by atoms with Crippen molar-refractivity contribution < 1.29 is 9.13 Å². The third-order valence-corrected chi connectivity index (χ3v) is 3.53. The number of hydrogen-bond acceptors (Lipinski definition) is 2. The average molecular weight is 305 g/mol. The summed E-state index contributed by atoms with van der Waals surface area (Å²) in [7, 11) is 1.61. The third-order valence-electron chi connectivity index (χ3n) is 3.33. The molecule has 2 aromatic carbocycles. The number of fused-ring (bicyclic) bond motifs is 1. The van der Waals surface area contributed by atoms with E-state index < -0.39 is 0 Å². The Kier molecular flexibility index (Phi) is 3.55. The number of hydrogen-bond donors (Lipinski definition) is 0. The number of rotatable bonds is 3. The number of aromatic nitrogens is 2. The molecule has 0 amide bonds. The van der Waals surface area contributed by atoms with Crippen molar-refractivity contribution in [3.8, 4) is 11.4 Å². The molecule has 3 rings (SSSR count). The Hall–Kier alpha value is -2.07. The fourth-order valence-electron chi connectivity index (χ4n) is 2.38. The lowest BCUT2D eigenvalue weighted by atomic mass is 10.2. The molecule has 0 saturated heterocycles. The summed E-state index contributed by atoms with van der Waals surface area (Å²) in [5.74, 6) is 1.11. The number of methoxy groups -OCH3 is 1. The zero-order chi connectivity index (χ0) is 15.0. The number of benzene rings is 2. The molecule has 5 heteroatoms. The van der Waals surface area contributed by atoms with Crippen molar-refractivity contribution in [2.24, 2.45) is 0 Å². The quantitative estimate of drug-likeness (QED) is 0.667. The van der Waals surface area contributed by atoms with E-state index in [1.807, 2.05) is 29.7 Å². The zero-order valence-corrected chi connectivity index (χ0v) is 12.4. The number of ether oxygens (including phenoxy) is 1. The van der Waals surface area contributed by atoms with Gasteiger partial charge in [-0.25, -0.2) is 9.37 Å². The van der Waals surface area contributed by atoms with Crippen LogP contribution in [-0.2, 0) is 0 Å². The monoisotopic (exact) mass is 304 g/mol. The number of imidazole rings is 1. The molecule has 0 bridgehead atoms. The standard InChI is InChI=1S/C16H14ClFN2O/c1-10(17)16-19-15-13(4-3-5-14(15)21-2)20(16)12-8-6-11(18)7-9-12/h3-10H,1-2H3. The molecule has 3 nitrogen and oxygen atoms in total. The van der Waals surface area contributed by atoms with Crippen LogP contribution >= 0.6 is 11.6 Å². The van der Waals surface area contributed by atoms with Gasteiger partial charge in [-0.05, 0) is 43.3 Å². The summed E-state index contributed by atoms with van der Waals surface area (Å²) in [6.45, 7) is 1.86. The fourth-order valence-corrected chi connectivity index (χ4v) is 2.53. The second-order valence-corrected chi connectivity index (χ2v) is 5.38. The Bertz CT molecular complexity index is 781. The number of halogens is 2. The molecule has 0 aliphatic heterocycles. The first kappa shape index (κ1) is 13.9. The number of nitrogens with zero attached hydrogens (tertiary/aromatic N) is 2. The molecule has 0 radical (unpaired) electrons. The van der Waals surface area contributed by atoms with Crippen LogP contribution in [0.15, 0.2) is 42.5 Å². The highest BCUT2D eigenvalue weighted by atomic mass is 35.5. The molecule has 108 valence electrons. The second-order valence-electron chi connectivity index (χ2n) is 4.73. The van der Waals surface area contributed by atoms with Gasteiger partial charge in [-0.1, -0.05) is 6.07 Å². The highest BCUT2D eigenvalue weighted by Crippen LogP contribution is 2.32. The fraction of sp³-hybridized carbons (Fsp3) is 0.188. The first-order valence-corrected chi connectivity index (χ1v) is 7.01.